The zero-order valence-corrected chi connectivity index (χ0v) is 16.5. The largest absolute Gasteiger partial charge is 1.00 e. The molecular formula is C17H13N2NaO4S. The molecule has 0 spiro atoms. The van der Waals surface area contributed by atoms with E-state index in [1.165, 1.54) is 12.1 Å². The number of carbonyl (C=O) groups excluding carboxylic acids is 1. The molecule has 25 heavy (non-hydrogen) atoms. The fourth-order valence-electron chi connectivity index (χ4n) is 2.42. The summed E-state index contributed by atoms with van der Waals surface area (Å²) in [5.41, 5.74) is 3.13. The standard InChI is InChI=1S/C17H14N2O4S.Na/c1-12-16(17(19-23-12)14-5-3-2-4-6-14)13-7-9-15(10-8-13)24(21,22)18-11-20;/h2-11H,1H3,(H,18,20);/q;+1/p-1. The van der Waals surface area contributed by atoms with Crippen LogP contribution in [0, 0.1) is 6.92 Å². The SMILES string of the molecule is Cc1onc(-c2ccccc2)c1-c1ccc(S(=O)(=O)[N-]C=O)cc1.[Na+]. The van der Waals surface area contributed by atoms with Gasteiger partial charge in [0.05, 0.1) is 10.5 Å². The minimum absolute atomic E-state index is 0. The Bertz CT molecular complexity index is 968. The summed E-state index contributed by atoms with van der Waals surface area (Å²) in [6.45, 7) is 1.79. The van der Waals surface area contributed by atoms with Crippen LogP contribution in [0.5, 0.6) is 0 Å². The van der Waals surface area contributed by atoms with Crippen molar-refractivity contribution in [3.05, 3.63) is 65.1 Å². The van der Waals surface area contributed by atoms with Gasteiger partial charge >= 0.3 is 29.6 Å². The van der Waals surface area contributed by atoms with Gasteiger partial charge in [-0.05, 0) is 24.6 Å². The van der Waals surface area contributed by atoms with E-state index in [-0.39, 0.29) is 40.9 Å². The predicted octanol–water partition coefficient (Wildman–Crippen LogP) is 0.540. The fourth-order valence-corrected chi connectivity index (χ4v) is 3.13. The minimum Gasteiger partial charge on any atom is -0.545 e. The molecule has 0 aliphatic rings. The molecule has 0 radical (unpaired) electrons. The summed E-state index contributed by atoms with van der Waals surface area (Å²) in [6.07, 6.45) is 0.0148. The smallest absolute Gasteiger partial charge is 0.545 e. The van der Waals surface area contributed by atoms with Crippen LogP contribution >= 0.6 is 0 Å². The molecule has 0 N–H and O–H groups in total. The van der Waals surface area contributed by atoms with Gasteiger partial charge in [-0.2, -0.15) is 0 Å². The quantitative estimate of drug-likeness (QED) is 0.487. The number of amides is 1. The van der Waals surface area contributed by atoms with Crippen LogP contribution in [0.15, 0.2) is 64.0 Å². The van der Waals surface area contributed by atoms with Gasteiger partial charge in [0.2, 0.25) is 0 Å². The summed E-state index contributed by atoms with van der Waals surface area (Å²) in [5, 5.41) is 4.10. The summed E-state index contributed by atoms with van der Waals surface area (Å²) < 4.78 is 31.8. The molecule has 3 rings (SSSR count). The van der Waals surface area contributed by atoms with Crippen molar-refractivity contribution in [2.45, 2.75) is 11.8 Å². The monoisotopic (exact) mass is 364 g/mol. The van der Waals surface area contributed by atoms with Crippen molar-refractivity contribution in [3.8, 4) is 22.4 Å². The first-order chi connectivity index (χ1) is 11.5. The summed E-state index contributed by atoms with van der Waals surface area (Å²) in [4.78, 5) is 10.3. The van der Waals surface area contributed by atoms with Crippen molar-refractivity contribution < 1.29 is 47.3 Å². The van der Waals surface area contributed by atoms with E-state index < -0.39 is 10.0 Å². The number of rotatable bonds is 5. The fraction of sp³-hybridized carbons (Fsp3) is 0.0588. The third kappa shape index (κ3) is 4.01. The van der Waals surface area contributed by atoms with Crippen molar-refractivity contribution in [2.24, 2.45) is 0 Å². The Kier molecular flexibility index (Phi) is 6.18. The minimum atomic E-state index is -3.95. The molecule has 6 nitrogen and oxygen atoms in total. The zero-order valence-electron chi connectivity index (χ0n) is 13.7. The van der Waals surface area contributed by atoms with Gasteiger partial charge in [0.15, 0.2) is 0 Å². The van der Waals surface area contributed by atoms with Gasteiger partial charge in [-0.15, -0.1) is 0 Å². The molecular weight excluding hydrogens is 351 g/mol. The third-order valence-electron chi connectivity index (χ3n) is 3.53. The van der Waals surface area contributed by atoms with Crippen LogP contribution in [0.1, 0.15) is 5.76 Å². The second-order valence-electron chi connectivity index (χ2n) is 5.04. The summed E-state index contributed by atoms with van der Waals surface area (Å²) in [6, 6.07) is 15.6. The molecule has 0 saturated carbocycles. The Hall–Kier alpha value is -1.93. The van der Waals surface area contributed by atoms with Gasteiger partial charge in [0.1, 0.15) is 21.5 Å². The number of hydrogen-bond acceptors (Lipinski definition) is 5. The number of nitrogens with zero attached hydrogens (tertiary/aromatic N) is 2. The molecule has 2 aromatic carbocycles. The van der Waals surface area contributed by atoms with Crippen molar-refractivity contribution in [2.75, 3.05) is 0 Å². The van der Waals surface area contributed by atoms with E-state index in [9.17, 15) is 13.2 Å². The van der Waals surface area contributed by atoms with E-state index in [4.69, 9.17) is 4.52 Å². The number of aromatic nitrogens is 1. The Balaban J connectivity index is 0.00000225. The van der Waals surface area contributed by atoms with Crippen LogP contribution in [-0.2, 0) is 14.8 Å². The van der Waals surface area contributed by atoms with Gasteiger partial charge in [-0.25, -0.2) is 8.42 Å². The average molecular weight is 364 g/mol. The van der Waals surface area contributed by atoms with E-state index in [1.54, 1.807) is 19.1 Å². The van der Waals surface area contributed by atoms with Gasteiger partial charge in [0, 0.05) is 12.0 Å². The average Bonchev–Trinajstić information content (AvgIpc) is 2.97. The number of carbonyl (C=O) groups is 1. The topological polar surface area (TPSA) is 91.3 Å². The molecule has 0 unspecified atom stereocenters. The second kappa shape index (κ2) is 7.97. The first-order valence-electron chi connectivity index (χ1n) is 7.06. The number of sulfonamides is 1. The maximum atomic E-state index is 11.8. The van der Waals surface area contributed by atoms with Crippen molar-refractivity contribution in [1.29, 1.82) is 0 Å². The summed E-state index contributed by atoms with van der Waals surface area (Å²) >= 11 is 0. The molecule has 1 amide bonds. The molecule has 0 fully saturated rings. The van der Waals surface area contributed by atoms with E-state index in [0.717, 1.165) is 16.7 Å². The van der Waals surface area contributed by atoms with E-state index in [2.05, 4.69) is 9.88 Å². The number of hydrogen-bond donors (Lipinski definition) is 0. The molecule has 1 heterocycles. The Labute approximate surface area is 167 Å². The predicted molar refractivity (Wildman–Crippen MR) is 88.7 cm³/mol. The molecule has 1 aromatic heterocycles. The molecule has 3 aromatic rings. The zero-order chi connectivity index (χ0) is 17.2. The van der Waals surface area contributed by atoms with Crippen LogP contribution in [0.4, 0.5) is 0 Å². The molecule has 122 valence electrons. The number of aryl methyl sites for hydroxylation is 1. The van der Waals surface area contributed by atoms with Crippen LogP contribution in [0.3, 0.4) is 0 Å². The molecule has 0 aliphatic carbocycles. The third-order valence-corrected chi connectivity index (χ3v) is 4.76. The summed E-state index contributed by atoms with van der Waals surface area (Å²) in [5.74, 6) is 0.627. The Morgan fingerprint density at radius 1 is 1.00 bits per heavy atom. The maximum absolute atomic E-state index is 11.8. The van der Waals surface area contributed by atoms with Crippen LogP contribution in [0.2, 0.25) is 0 Å². The molecule has 0 bridgehead atoms. The van der Waals surface area contributed by atoms with Crippen LogP contribution in [0.25, 0.3) is 27.1 Å². The van der Waals surface area contributed by atoms with Gasteiger partial charge in [-0.1, -0.05) is 47.6 Å². The Morgan fingerprint density at radius 2 is 1.64 bits per heavy atom. The normalized spacial score (nSPS) is 10.8. The molecule has 0 atom stereocenters. The van der Waals surface area contributed by atoms with Gasteiger partial charge in [-0.3, -0.25) is 0 Å². The van der Waals surface area contributed by atoms with E-state index >= 15 is 0 Å². The van der Waals surface area contributed by atoms with E-state index in [1.807, 2.05) is 30.3 Å². The Morgan fingerprint density at radius 3 is 2.24 bits per heavy atom. The van der Waals surface area contributed by atoms with E-state index in [0.29, 0.717) is 11.5 Å². The molecule has 0 aliphatic heterocycles. The van der Waals surface area contributed by atoms with Crippen LogP contribution < -0.4 is 29.6 Å². The first kappa shape index (κ1) is 19.4. The van der Waals surface area contributed by atoms with Crippen molar-refractivity contribution in [1.82, 2.24) is 5.16 Å². The maximum Gasteiger partial charge on any atom is 1.00 e. The van der Waals surface area contributed by atoms with Crippen molar-refractivity contribution in [3.63, 3.8) is 0 Å². The van der Waals surface area contributed by atoms with Gasteiger partial charge < -0.3 is 14.0 Å². The molecule has 0 saturated heterocycles. The number of benzene rings is 2. The van der Waals surface area contributed by atoms with Crippen LogP contribution in [-0.4, -0.2) is 20.0 Å². The molecule has 8 heteroatoms. The summed E-state index contributed by atoms with van der Waals surface area (Å²) in [7, 11) is -3.95. The second-order valence-corrected chi connectivity index (χ2v) is 6.67. The van der Waals surface area contributed by atoms with Gasteiger partial charge in [0.25, 0.3) is 0 Å². The first-order valence-corrected chi connectivity index (χ1v) is 8.50. The van der Waals surface area contributed by atoms with Crippen molar-refractivity contribution >= 4 is 16.4 Å².